The van der Waals surface area contributed by atoms with E-state index in [1.165, 1.54) is 24.0 Å². The standard InChI is InChI=1S/C53H48F6N8O6/c1-27-17-28(2)20-36(19-27)66-42-26-35(53(57,58)59)11-13-39(42)46(51(66)73)47(64-63-44(69)15-14-43(60)68)33-8-5-7-31(23-33)22-32-18-29(3)21-37(24-32)67-41-25-34(52(54,55)56)10-12-38(41)45(50(67)72)30(4)62-65-49(71)40-9-6-16-61-48(40)70/h5,7-8,10-13,17-21,23-26,40,62,64H,6,9,14-16,22H2,1-4H3,(H2,60,68)(H,61,70)(H,63,69)(H,65,71)/b45-30-,47-46-. The zero-order valence-electron chi connectivity index (χ0n) is 39.7. The summed E-state index contributed by atoms with van der Waals surface area (Å²) in [5, 5.41) is 2.63. The lowest BCUT2D eigenvalue weighted by Crippen LogP contribution is -2.48. The van der Waals surface area contributed by atoms with Gasteiger partial charge in [0.1, 0.15) is 5.92 Å². The molecule has 0 aromatic heterocycles. The van der Waals surface area contributed by atoms with Crippen LogP contribution in [0.1, 0.15) is 88.2 Å². The largest absolute Gasteiger partial charge is 0.416 e. The van der Waals surface area contributed by atoms with Crippen LogP contribution in [0.5, 0.6) is 0 Å². The van der Waals surface area contributed by atoms with Crippen molar-refractivity contribution in [3.63, 3.8) is 0 Å². The Bertz CT molecular complexity index is 3180. The summed E-state index contributed by atoms with van der Waals surface area (Å²) in [6.45, 7) is 7.19. The molecular weight excluding hydrogens is 959 g/mol. The Kier molecular flexibility index (Phi) is 14.0. The average Bonchev–Trinajstić information content (AvgIpc) is 3.77. The van der Waals surface area contributed by atoms with Crippen molar-refractivity contribution < 1.29 is 55.1 Å². The fourth-order valence-corrected chi connectivity index (χ4v) is 9.26. The predicted octanol–water partition coefficient (Wildman–Crippen LogP) is 8.23. The predicted molar refractivity (Wildman–Crippen MR) is 260 cm³/mol. The van der Waals surface area contributed by atoms with Crippen LogP contribution in [0.2, 0.25) is 0 Å². The van der Waals surface area contributed by atoms with E-state index in [9.17, 15) is 55.1 Å². The lowest BCUT2D eigenvalue weighted by atomic mass is 9.96. The van der Waals surface area contributed by atoms with Crippen molar-refractivity contribution in [2.45, 2.75) is 72.2 Å². The SMILES string of the molecule is C/C(NNC(=O)C1CCCNC1=O)=C1/C(=O)N(c2cc(C)cc(Cc3cccc(/C(NNC(=O)CCC(N)=O)=C4/C(=O)N(c5cc(C)cc(C)c5)c5cc(C(F)(F)F)ccc54)c3)c2)c2cc(C(F)(F)F)ccc21. The van der Waals surface area contributed by atoms with Crippen LogP contribution in [0.15, 0.2) is 103 Å². The molecule has 5 aromatic rings. The number of benzene rings is 5. The van der Waals surface area contributed by atoms with Crippen LogP contribution in [0.25, 0.3) is 16.8 Å². The fourth-order valence-electron chi connectivity index (χ4n) is 9.26. The summed E-state index contributed by atoms with van der Waals surface area (Å²) in [7, 11) is 0. The summed E-state index contributed by atoms with van der Waals surface area (Å²) in [5.41, 5.74) is 17.9. The van der Waals surface area contributed by atoms with Crippen LogP contribution in [0.4, 0.5) is 49.1 Å². The maximum Gasteiger partial charge on any atom is 0.416 e. The minimum atomic E-state index is -4.77. The molecule has 14 nitrogen and oxygen atoms in total. The Morgan fingerprint density at radius 2 is 1.23 bits per heavy atom. The highest BCUT2D eigenvalue weighted by molar-refractivity contribution is 6.39. The number of aryl methyl sites for hydroxylation is 3. The lowest BCUT2D eigenvalue weighted by molar-refractivity contribution is -0.138. The molecule has 3 heterocycles. The fraction of sp³-hybridized carbons (Fsp3) is 0.245. The number of halogens is 6. The van der Waals surface area contributed by atoms with Gasteiger partial charge in [0.25, 0.3) is 17.7 Å². The highest BCUT2D eigenvalue weighted by Gasteiger charge is 2.42. The van der Waals surface area contributed by atoms with Gasteiger partial charge in [-0.2, -0.15) is 26.3 Å². The van der Waals surface area contributed by atoms with Crippen molar-refractivity contribution in [3.05, 3.63) is 158 Å². The van der Waals surface area contributed by atoms with Crippen LogP contribution < -0.4 is 42.6 Å². The van der Waals surface area contributed by atoms with E-state index in [2.05, 4.69) is 27.0 Å². The average molecular weight is 1010 g/mol. The number of alkyl halides is 6. The van der Waals surface area contributed by atoms with E-state index in [1.54, 1.807) is 75.4 Å². The third-order valence-corrected chi connectivity index (χ3v) is 12.5. The Morgan fingerprint density at radius 3 is 1.82 bits per heavy atom. The number of nitrogens with one attached hydrogen (secondary N) is 5. The van der Waals surface area contributed by atoms with E-state index in [1.807, 2.05) is 6.07 Å². The molecule has 6 amide bonds. The van der Waals surface area contributed by atoms with Gasteiger partial charge in [-0.15, -0.1) is 0 Å². The molecule has 3 aliphatic heterocycles. The molecule has 0 bridgehead atoms. The van der Waals surface area contributed by atoms with Crippen molar-refractivity contribution in [2.75, 3.05) is 16.3 Å². The van der Waals surface area contributed by atoms with Gasteiger partial charge in [-0.1, -0.05) is 42.5 Å². The quantitative estimate of drug-likeness (QED) is 0.0294. The molecule has 1 atom stereocenters. The maximum atomic E-state index is 14.8. The van der Waals surface area contributed by atoms with E-state index >= 15 is 0 Å². The van der Waals surface area contributed by atoms with Gasteiger partial charge in [0, 0.05) is 53.1 Å². The van der Waals surface area contributed by atoms with Gasteiger partial charge >= 0.3 is 12.4 Å². The number of primary amides is 1. The number of hydrogen-bond donors (Lipinski definition) is 6. The van der Waals surface area contributed by atoms with Gasteiger partial charge in [0.15, 0.2) is 0 Å². The first-order valence-electron chi connectivity index (χ1n) is 23.0. The number of hydrazine groups is 2. The zero-order valence-corrected chi connectivity index (χ0v) is 39.7. The monoisotopic (exact) mass is 1010 g/mol. The molecule has 5 aromatic carbocycles. The van der Waals surface area contributed by atoms with Crippen LogP contribution in [-0.4, -0.2) is 42.0 Å². The third-order valence-electron chi connectivity index (χ3n) is 12.5. The first kappa shape index (κ1) is 51.0. The van der Waals surface area contributed by atoms with Crippen LogP contribution in [-0.2, 0) is 47.5 Å². The number of nitrogens with two attached hydrogens (primary N) is 1. The molecule has 0 spiro atoms. The molecule has 1 fully saturated rings. The van der Waals surface area contributed by atoms with E-state index in [0.717, 1.165) is 40.3 Å². The van der Waals surface area contributed by atoms with Gasteiger partial charge < -0.3 is 16.5 Å². The topological polar surface area (TPSA) is 195 Å². The van der Waals surface area contributed by atoms with Gasteiger partial charge in [-0.25, -0.2) is 0 Å². The molecule has 8 rings (SSSR count). The van der Waals surface area contributed by atoms with Crippen LogP contribution in [0, 0.1) is 26.7 Å². The highest BCUT2D eigenvalue weighted by atomic mass is 19.4. The molecule has 73 heavy (non-hydrogen) atoms. The molecule has 20 heteroatoms. The third kappa shape index (κ3) is 10.8. The Morgan fingerprint density at radius 1 is 0.658 bits per heavy atom. The number of anilines is 4. The first-order valence-corrected chi connectivity index (χ1v) is 23.0. The second kappa shape index (κ2) is 20.0. The van der Waals surface area contributed by atoms with E-state index < -0.39 is 64.8 Å². The maximum absolute atomic E-state index is 14.8. The Balaban J connectivity index is 1.18. The van der Waals surface area contributed by atoms with Crippen LogP contribution in [0.3, 0.4) is 0 Å². The minimum absolute atomic E-state index is 0.00155. The van der Waals surface area contributed by atoms with Crippen molar-refractivity contribution in [1.29, 1.82) is 0 Å². The van der Waals surface area contributed by atoms with Gasteiger partial charge in [0.05, 0.1) is 39.3 Å². The number of allylic oxidation sites excluding steroid dienone is 1. The van der Waals surface area contributed by atoms with E-state index in [0.29, 0.717) is 47.3 Å². The number of piperidine rings is 1. The molecule has 7 N–H and O–H groups in total. The zero-order chi connectivity index (χ0) is 52.7. The summed E-state index contributed by atoms with van der Waals surface area (Å²) in [6, 6.07) is 22.7. The van der Waals surface area contributed by atoms with E-state index in [4.69, 9.17) is 5.73 Å². The number of rotatable bonds is 13. The molecule has 0 aliphatic carbocycles. The summed E-state index contributed by atoms with van der Waals surface area (Å²) in [4.78, 5) is 81.6. The summed E-state index contributed by atoms with van der Waals surface area (Å²) >= 11 is 0. The first-order chi connectivity index (χ1) is 34.5. The van der Waals surface area contributed by atoms with Crippen LogP contribution >= 0.6 is 0 Å². The molecule has 1 unspecified atom stereocenters. The highest BCUT2D eigenvalue weighted by Crippen LogP contribution is 2.48. The number of amides is 6. The summed E-state index contributed by atoms with van der Waals surface area (Å²) in [5.74, 6) is -4.95. The van der Waals surface area contributed by atoms with Gasteiger partial charge in [-0.05, 0) is 129 Å². The van der Waals surface area contributed by atoms with Gasteiger partial charge in [0.2, 0.25) is 17.7 Å². The second-order valence-corrected chi connectivity index (χ2v) is 18.1. The smallest absolute Gasteiger partial charge is 0.370 e. The van der Waals surface area contributed by atoms with Crippen molar-refractivity contribution >= 4 is 75.0 Å². The second-order valence-electron chi connectivity index (χ2n) is 18.1. The molecule has 3 aliphatic rings. The number of nitrogens with zero attached hydrogens (tertiary/aromatic N) is 2. The molecule has 1 saturated heterocycles. The number of carbonyl (C=O) groups is 6. The molecule has 0 radical (unpaired) electrons. The molecule has 378 valence electrons. The summed E-state index contributed by atoms with van der Waals surface area (Å²) < 4.78 is 85.4. The van der Waals surface area contributed by atoms with E-state index in [-0.39, 0.29) is 70.0 Å². The Hall–Kier alpha value is -8.42. The van der Waals surface area contributed by atoms with Gasteiger partial charge in [-0.3, -0.25) is 54.8 Å². The minimum Gasteiger partial charge on any atom is -0.370 e. The van der Waals surface area contributed by atoms with Crippen molar-refractivity contribution in [2.24, 2.45) is 11.7 Å². The normalized spacial score (nSPS) is 16.9. The molecule has 0 saturated carbocycles. The Labute approximate surface area is 414 Å². The number of carbonyl (C=O) groups excluding carboxylic acids is 6. The summed E-state index contributed by atoms with van der Waals surface area (Å²) in [6.07, 6.45) is -9.16. The number of fused-ring (bicyclic) bond motifs is 2. The number of hydrogen-bond acceptors (Lipinski definition) is 8. The lowest BCUT2D eigenvalue weighted by Gasteiger charge is -2.22. The molecular formula is C53H48F6N8O6. The van der Waals surface area contributed by atoms with Crippen molar-refractivity contribution in [1.82, 2.24) is 27.0 Å². The van der Waals surface area contributed by atoms with Crippen molar-refractivity contribution in [3.8, 4) is 0 Å².